The van der Waals surface area contributed by atoms with Crippen molar-refractivity contribution in [2.24, 2.45) is 0 Å². The third-order valence-electron chi connectivity index (χ3n) is 2.18. The van der Waals surface area contributed by atoms with Crippen LogP contribution in [-0.2, 0) is 0 Å². The van der Waals surface area contributed by atoms with E-state index in [4.69, 9.17) is 0 Å². The lowest BCUT2D eigenvalue weighted by Crippen LogP contribution is -2.31. The van der Waals surface area contributed by atoms with Gasteiger partial charge >= 0.3 is 0 Å². The van der Waals surface area contributed by atoms with Crippen molar-refractivity contribution < 1.29 is 9.72 Å². The molecule has 0 aliphatic heterocycles. The fourth-order valence-electron chi connectivity index (χ4n) is 1.23. The Hall–Kier alpha value is -1.95. The van der Waals surface area contributed by atoms with Crippen LogP contribution in [0.5, 0.6) is 0 Å². The Morgan fingerprint density at radius 2 is 1.94 bits per heavy atom. The van der Waals surface area contributed by atoms with Gasteiger partial charge in [0.2, 0.25) is 0 Å². The third kappa shape index (κ3) is 4.20. The van der Waals surface area contributed by atoms with Crippen molar-refractivity contribution in [3.8, 4) is 0 Å². The minimum Gasteiger partial charge on any atom is -0.351 e. The molecule has 0 aliphatic rings. The molecule has 0 radical (unpaired) electrons. The van der Waals surface area contributed by atoms with Crippen LogP contribution in [0.15, 0.2) is 24.3 Å². The van der Waals surface area contributed by atoms with Crippen LogP contribution in [0.3, 0.4) is 0 Å². The molecule has 1 aromatic rings. The number of non-ortho nitro benzene ring substituents is 1. The van der Waals surface area contributed by atoms with Crippen molar-refractivity contribution in [3.05, 3.63) is 39.9 Å². The summed E-state index contributed by atoms with van der Waals surface area (Å²) >= 11 is 0. The number of nitrogens with zero attached hydrogens (tertiary/aromatic N) is 2. The first-order valence-corrected chi connectivity index (χ1v) is 5.18. The van der Waals surface area contributed by atoms with Gasteiger partial charge in [-0.15, -0.1) is 0 Å². The van der Waals surface area contributed by atoms with Gasteiger partial charge in [0.25, 0.3) is 11.6 Å². The van der Waals surface area contributed by atoms with E-state index in [2.05, 4.69) is 5.32 Å². The van der Waals surface area contributed by atoms with Gasteiger partial charge in [-0.25, -0.2) is 0 Å². The lowest BCUT2D eigenvalue weighted by molar-refractivity contribution is -0.384. The lowest BCUT2D eigenvalue weighted by atomic mass is 10.2. The summed E-state index contributed by atoms with van der Waals surface area (Å²) in [5.41, 5.74) is 0.407. The van der Waals surface area contributed by atoms with Gasteiger partial charge in [0.15, 0.2) is 0 Å². The van der Waals surface area contributed by atoms with Gasteiger partial charge < -0.3 is 10.2 Å². The number of carbonyl (C=O) groups is 1. The molecule has 0 aromatic heterocycles. The highest BCUT2D eigenvalue weighted by molar-refractivity contribution is 5.94. The van der Waals surface area contributed by atoms with Crippen molar-refractivity contribution in [3.63, 3.8) is 0 Å². The molecule has 0 saturated carbocycles. The fraction of sp³-hybridized carbons (Fsp3) is 0.364. The first-order valence-electron chi connectivity index (χ1n) is 5.18. The van der Waals surface area contributed by atoms with Gasteiger partial charge in [0.05, 0.1) is 4.92 Å². The second-order valence-corrected chi connectivity index (χ2v) is 3.86. The standard InChI is InChI=1S/C11H15N3O3/c1-13(2)8-7-12-11(15)9-3-5-10(6-4-9)14(16)17/h3-6H,7-8H2,1-2H3,(H,12,15). The summed E-state index contributed by atoms with van der Waals surface area (Å²) in [5, 5.41) is 13.2. The van der Waals surface area contributed by atoms with Crippen LogP contribution < -0.4 is 5.32 Å². The predicted molar refractivity (Wildman–Crippen MR) is 64.0 cm³/mol. The van der Waals surface area contributed by atoms with E-state index >= 15 is 0 Å². The zero-order valence-corrected chi connectivity index (χ0v) is 9.84. The number of amides is 1. The third-order valence-corrected chi connectivity index (χ3v) is 2.18. The topological polar surface area (TPSA) is 75.5 Å². The molecule has 0 unspecified atom stereocenters. The van der Waals surface area contributed by atoms with E-state index in [1.807, 2.05) is 19.0 Å². The Morgan fingerprint density at radius 1 is 1.35 bits per heavy atom. The Balaban J connectivity index is 2.55. The number of hydrogen-bond donors (Lipinski definition) is 1. The molecule has 17 heavy (non-hydrogen) atoms. The summed E-state index contributed by atoms with van der Waals surface area (Å²) in [4.78, 5) is 23.5. The largest absolute Gasteiger partial charge is 0.351 e. The molecule has 1 aromatic carbocycles. The number of carbonyl (C=O) groups excluding carboxylic acids is 1. The van der Waals surface area contributed by atoms with Crippen molar-refractivity contribution >= 4 is 11.6 Å². The normalized spacial score (nSPS) is 10.3. The van der Waals surface area contributed by atoms with Gasteiger partial charge in [-0.1, -0.05) is 0 Å². The first-order chi connectivity index (χ1) is 8.00. The molecule has 6 nitrogen and oxygen atoms in total. The maximum absolute atomic E-state index is 11.6. The number of nitro groups is 1. The lowest BCUT2D eigenvalue weighted by Gasteiger charge is -2.10. The maximum Gasteiger partial charge on any atom is 0.269 e. The summed E-state index contributed by atoms with van der Waals surface area (Å²) < 4.78 is 0. The first kappa shape index (κ1) is 13.1. The van der Waals surface area contributed by atoms with Crippen LogP contribution in [0.2, 0.25) is 0 Å². The molecule has 0 aliphatic carbocycles. The van der Waals surface area contributed by atoms with E-state index in [0.717, 1.165) is 6.54 Å². The summed E-state index contributed by atoms with van der Waals surface area (Å²) in [6.45, 7) is 1.29. The molecule has 0 bridgehead atoms. The second kappa shape index (κ2) is 5.95. The highest BCUT2D eigenvalue weighted by Gasteiger charge is 2.08. The van der Waals surface area contributed by atoms with Crippen molar-refractivity contribution in [2.75, 3.05) is 27.2 Å². The summed E-state index contributed by atoms with van der Waals surface area (Å²) in [6, 6.07) is 5.54. The average Bonchev–Trinajstić information content (AvgIpc) is 2.28. The van der Waals surface area contributed by atoms with Gasteiger partial charge in [-0.05, 0) is 26.2 Å². The minimum atomic E-state index is -0.492. The average molecular weight is 237 g/mol. The zero-order chi connectivity index (χ0) is 12.8. The van der Waals surface area contributed by atoms with Gasteiger partial charge in [-0.3, -0.25) is 14.9 Å². The molecule has 0 fully saturated rings. The maximum atomic E-state index is 11.6. The number of rotatable bonds is 5. The molecular formula is C11H15N3O3. The Kier molecular flexibility index (Phi) is 4.59. The minimum absolute atomic E-state index is 0.0187. The summed E-state index contributed by atoms with van der Waals surface area (Å²) in [5.74, 6) is -0.221. The highest BCUT2D eigenvalue weighted by Crippen LogP contribution is 2.11. The monoisotopic (exact) mass is 237 g/mol. The van der Waals surface area contributed by atoms with E-state index in [-0.39, 0.29) is 11.6 Å². The van der Waals surface area contributed by atoms with Gasteiger partial charge in [-0.2, -0.15) is 0 Å². The molecule has 1 rings (SSSR count). The van der Waals surface area contributed by atoms with Crippen LogP contribution in [0.25, 0.3) is 0 Å². The van der Waals surface area contributed by atoms with Crippen LogP contribution in [0, 0.1) is 10.1 Å². The van der Waals surface area contributed by atoms with Crippen LogP contribution in [0.4, 0.5) is 5.69 Å². The summed E-state index contributed by atoms with van der Waals surface area (Å²) in [7, 11) is 3.83. The molecule has 1 amide bonds. The number of hydrogen-bond acceptors (Lipinski definition) is 4. The molecule has 0 heterocycles. The molecule has 1 N–H and O–H groups in total. The number of likely N-dealkylation sites (N-methyl/N-ethyl adjacent to an activating group) is 1. The van der Waals surface area contributed by atoms with Crippen LogP contribution >= 0.6 is 0 Å². The van der Waals surface area contributed by atoms with Crippen molar-refractivity contribution in [2.45, 2.75) is 0 Å². The van der Waals surface area contributed by atoms with Crippen molar-refractivity contribution in [1.82, 2.24) is 10.2 Å². The Bertz CT molecular complexity index is 401. The molecule has 6 heteroatoms. The molecule has 0 saturated heterocycles. The molecule has 92 valence electrons. The molecule has 0 spiro atoms. The van der Waals surface area contributed by atoms with Gasteiger partial charge in [0, 0.05) is 30.8 Å². The number of benzene rings is 1. The second-order valence-electron chi connectivity index (χ2n) is 3.86. The van der Waals surface area contributed by atoms with E-state index in [1.165, 1.54) is 24.3 Å². The van der Waals surface area contributed by atoms with E-state index in [1.54, 1.807) is 0 Å². The highest BCUT2D eigenvalue weighted by atomic mass is 16.6. The van der Waals surface area contributed by atoms with E-state index in [0.29, 0.717) is 12.1 Å². The quantitative estimate of drug-likeness (QED) is 0.609. The Labute approximate surface area is 99.4 Å². The van der Waals surface area contributed by atoms with Crippen LogP contribution in [0.1, 0.15) is 10.4 Å². The smallest absolute Gasteiger partial charge is 0.269 e. The number of nitro benzene ring substituents is 1. The Morgan fingerprint density at radius 3 is 2.41 bits per heavy atom. The SMILES string of the molecule is CN(C)CCNC(=O)c1ccc([N+](=O)[O-])cc1. The predicted octanol–water partition coefficient (Wildman–Crippen LogP) is 0.886. The summed E-state index contributed by atoms with van der Waals surface area (Å²) in [6.07, 6.45) is 0. The molecular weight excluding hydrogens is 222 g/mol. The van der Waals surface area contributed by atoms with Gasteiger partial charge in [0.1, 0.15) is 0 Å². The molecule has 0 atom stereocenters. The van der Waals surface area contributed by atoms with Crippen molar-refractivity contribution in [1.29, 1.82) is 0 Å². The van der Waals surface area contributed by atoms with E-state index in [9.17, 15) is 14.9 Å². The zero-order valence-electron chi connectivity index (χ0n) is 9.84. The van der Waals surface area contributed by atoms with Crippen LogP contribution in [-0.4, -0.2) is 42.9 Å². The number of nitrogens with one attached hydrogen (secondary N) is 1. The fourth-order valence-corrected chi connectivity index (χ4v) is 1.23. The van der Waals surface area contributed by atoms with E-state index < -0.39 is 4.92 Å².